The number of rotatable bonds is 4. The molecule has 1 saturated carbocycles. The molecule has 3 rings (SSSR count). The van der Waals surface area contributed by atoms with Crippen LogP contribution in [-0.2, 0) is 7.05 Å². The summed E-state index contributed by atoms with van der Waals surface area (Å²) >= 11 is 0. The smallest absolute Gasteiger partial charge is 0.295 e. The van der Waals surface area contributed by atoms with E-state index in [0.29, 0.717) is 5.92 Å². The van der Waals surface area contributed by atoms with Crippen molar-refractivity contribution < 1.29 is 0 Å². The Balaban J connectivity index is 2.02. The van der Waals surface area contributed by atoms with Crippen molar-refractivity contribution >= 4 is 16.7 Å². The fraction of sp³-hybridized carbons (Fsp3) is 0.350. The van der Waals surface area contributed by atoms with Gasteiger partial charge in [0.15, 0.2) is 0 Å². The zero-order valence-electron chi connectivity index (χ0n) is 14.1. The molecule has 0 bridgehead atoms. The van der Waals surface area contributed by atoms with Crippen molar-refractivity contribution in [1.82, 2.24) is 9.13 Å². The number of hydrogen-bond acceptors (Lipinski definition) is 1. The molecule has 1 fully saturated rings. The summed E-state index contributed by atoms with van der Waals surface area (Å²) in [5.74, 6) is 0.693. The summed E-state index contributed by atoms with van der Waals surface area (Å²) < 4.78 is 3.50. The molecular formula is C20H24N2O. The van der Waals surface area contributed by atoms with Crippen molar-refractivity contribution in [1.29, 1.82) is 0 Å². The van der Waals surface area contributed by atoms with E-state index < -0.39 is 0 Å². The largest absolute Gasteiger partial charge is 0.333 e. The first-order valence-electron chi connectivity index (χ1n) is 8.34. The number of fused-ring (bicyclic) bond motifs is 1. The highest BCUT2D eigenvalue weighted by Crippen LogP contribution is 2.34. The lowest BCUT2D eigenvalue weighted by molar-refractivity contribution is 0.374. The Labute approximate surface area is 137 Å². The molecule has 0 N–H and O–H groups in total. The lowest BCUT2D eigenvalue weighted by Crippen LogP contribution is -2.21. The van der Waals surface area contributed by atoms with Crippen LogP contribution in [0.25, 0.3) is 16.7 Å². The monoisotopic (exact) mass is 308 g/mol. The van der Waals surface area contributed by atoms with Crippen LogP contribution in [0.2, 0.25) is 0 Å². The zero-order valence-corrected chi connectivity index (χ0v) is 14.1. The van der Waals surface area contributed by atoms with Gasteiger partial charge in [-0.15, -0.1) is 0 Å². The lowest BCUT2D eigenvalue weighted by Gasteiger charge is -2.26. The second-order valence-electron chi connectivity index (χ2n) is 6.13. The molecule has 1 aliphatic rings. The van der Waals surface area contributed by atoms with Crippen LogP contribution in [0, 0.1) is 5.92 Å². The summed E-state index contributed by atoms with van der Waals surface area (Å²) in [7, 11) is 1.82. The molecule has 0 radical (unpaired) electrons. The predicted octanol–water partition coefficient (Wildman–Crippen LogP) is 4.50. The molecule has 120 valence electrons. The number of hydrogen-bond donors (Lipinski definition) is 0. The van der Waals surface area contributed by atoms with E-state index in [0.717, 1.165) is 16.7 Å². The van der Waals surface area contributed by atoms with Gasteiger partial charge in [-0.25, -0.2) is 4.79 Å². The van der Waals surface area contributed by atoms with E-state index in [9.17, 15) is 4.79 Å². The standard InChI is InChI=1S/C20H24N2O/c1-4-15(16-9-8-10-16)13-14-17(5-2)22-19-12-7-6-11-18(19)21(3)20(22)23/h4-7,11-14,16H,8-10H2,1-3H3/b14-13-,15-4+,17-5+. The molecule has 1 aromatic carbocycles. The fourth-order valence-electron chi connectivity index (χ4n) is 3.23. The Hall–Kier alpha value is -2.29. The second-order valence-corrected chi connectivity index (χ2v) is 6.13. The molecule has 1 aliphatic carbocycles. The van der Waals surface area contributed by atoms with Crippen molar-refractivity contribution in [3.05, 3.63) is 64.6 Å². The lowest BCUT2D eigenvalue weighted by atomic mass is 9.79. The minimum atomic E-state index is -0.00498. The van der Waals surface area contributed by atoms with Crippen LogP contribution < -0.4 is 5.69 Å². The average molecular weight is 308 g/mol. The van der Waals surface area contributed by atoms with Crippen LogP contribution in [0.3, 0.4) is 0 Å². The van der Waals surface area contributed by atoms with Gasteiger partial charge in [0, 0.05) is 12.7 Å². The maximum Gasteiger partial charge on any atom is 0.333 e. The molecule has 0 aliphatic heterocycles. The molecule has 0 unspecified atom stereocenters. The van der Waals surface area contributed by atoms with Crippen molar-refractivity contribution in [2.75, 3.05) is 0 Å². The van der Waals surface area contributed by atoms with Gasteiger partial charge in [0.2, 0.25) is 0 Å². The Kier molecular flexibility index (Phi) is 4.37. The third kappa shape index (κ3) is 2.72. The number of nitrogens with zero attached hydrogens (tertiary/aromatic N) is 2. The van der Waals surface area contributed by atoms with Crippen LogP contribution >= 0.6 is 0 Å². The van der Waals surface area contributed by atoms with Gasteiger partial charge in [-0.3, -0.25) is 9.13 Å². The van der Waals surface area contributed by atoms with E-state index in [2.05, 4.69) is 25.2 Å². The summed E-state index contributed by atoms with van der Waals surface area (Å²) in [5, 5.41) is 0. The number of benzene rings is 1. The Morgan fingerprint density at radius 3 is 2.35 bits per heavy atom. The van der Waals surface area contributed by atoms with Gasteiger partial charge in [-0.05, 0) is 56.4 Å². The molecule has 3 nitrogen and oxygen atoms in total. The first kappa shape index (κ1) is 15.6. The van der Waals surface area contributed by atoms with E-state index >= 15 is 0 Å². The van der Waals surface area contributed by atoms with Gasteiger partial charge in [-0.1, -0.05) is 36.8 Å². The summed E-state index contributed by atoms with van der Waals surface area (Å²) in [6.45, 7) is 4.07. The Morgan fingerprint density at radius 2 is 1.78 bits per heavy atom. The SMILES string of the molecule is C\C=C(/C=C\C(=C/C)n1c(=O)n(C)c2ccccc21)C1CCC1. The van der Waals surface area contributed by atoms with E-state index in [-0.39, 0.29) is 5.69 Å². The fourth-order valence-corrected chi connectivity index (χ4v) is 3.23. The maximum absolute atomic E-state index is 12.6. The molecule has 0 spiro atoms. The summed E-state index contributed by atoms with van der Waals surface area (Å²) in [6, 6.07) is 7.92. The van der Waals surface area contributed by atoms with Gasteiger partial charge in [-0.2, -0.15) is 0 Å². The van der Waals surface area contributed by atoms with Gasteiger partial charge < -0.3 is 0 Å². The zero-order chi connectivity index (χ0) is 16.4. The number of allylic oxidation sites excluding steroid dienone is 6. The van der Waals surface area contributed by atoms with Crippen molar-refractivity contribution in [2.45, 2.75) is 33.1 Å². The van der Waals surface area contributed by atoms with Crippen molar-refractivity contribution in [3.8, 4) is 0 Å². The molecule has 23 heavy (non-hydrogen) atoms. The number of aryl methyl sites for hydroxylation is 1. The van der Waals surface area contributed by atoms with Gasteiger partial charge in [0.05, 0.1) is 11.0 Å². The molecular weight excluding hydrogens is 284 g/mol. The van der Waals surface area contributed by atoms with Gasteiger partial charge in [0.1, 0.15) is 0 Å². The van der Waals surface area contributed by atoms with Gasteiger partial charge >= 0.3 is 5.69 Å². The maximum atomic E-state index is 12.6. The highest BCUT2D eigenvalue weighted by atomic mass is 16.1. The molecule has 1 aromatic heterocycles. The third-order valence-corrected chi connectivity index (χ3v) is 4.87. The molecule has 0 amide bonds. The highest BCUT2D eigenvalue weighted by Gasteiger charge is 2.19. The Bertz CT molecular complexity index is 857. The first-order chi connectivity index (χ1) is 11.2. The first-order valence-corrected chi connectivity index (χ1v) is 8.34. The van der Waals surface area contributed by atoms with E-state index in [1.807, 2.05) is 44.3 Å². The number of para-hydroxylation sites is 2. The van der Waals surface area contributed by atoms with Crippen LogP contribution in [0.5, 0.6) is 0 Å². The minimum absolute atomic E-state index is 0.00498. The highest BCUT2D eigenvalue weighted by molar-refractivity contribution is 5.81. The summed E-state index contributed by atoms with van der Waals surface area (Å²) in [5.41, 5.74) is 4.20. The summed E-state index contributed by atoms with van der Waals surface area (Å²) in [4.78, 5) is 12.6. The van der Waals surface area contributed by atoms with Crippen LogP contribution in [0.1, 0.15) is 33.1 Å². The molecule has 0 saturated heterocycles. The molecule has 3 heteroatoms. The van der Waals surface area contributed by atoms with Crippen molar-refractivity contribution in [3.63, 3.8) is 0 Å². The number of aromatic nitrogens is 2. The minimum Gasteiger partial charge on any atom is -0.295 e. The van der Waals surface area contributed by atoms with E-state index in [1.165, 1.54) is 24.8 Å². The molecule has 2 aromatic rings. The second kappa shape index (κ2) is 6.45. The topological polar surface area (TPSA) is 26.9 Å². The number of imidazole rings is 1. The van der Waals surface area contributed by atoms with E-state index in [1.54, 1.807) is 9.13 Å². The average Bonchev–Trinajstić information content (AvgIpc) is 2.78. The van der Waals surface area contributed by atoms with E-state index in [4.69, 9.17) is 0 Å². The van der Waals surface area contributed by atoms with Gasteiger partial charge in [0.25, 0.3) is 0 Å². The molecule has 1 heterocycles. The molecule has 0 atom stereocenters. The van der Waals surface area contributed by atoms with Crippen molar-refractivity contribution in [2.24, 2.45) is 13.0 Å². The van der Waals surface area contributed by atoms with Crippen LogP contribution in [0.15, 0.2) is 58.9 Å². The normalized spacial score (nSPS) is 17.2. The predicted molar refractivity (Wildman–Crippen MR) is 97.4 cm³/mol. The van der Waals surface area contributed by atoms with Crippen LogP contribution in [-0.4, -0.2) is 9.13 Å². The Morgan fingerprint density at radius 1 is 1.09 bits per heavy atom. The van der Waals surface area contributed by atoms with Crippen LogP contribution in [0.4, 0.5) is 0 Å². The third-order valence-electron chi connectivity index (χ3n) is 4.87. The summed E-state index contributed by atoms with van der Waals surface area (Å²) in [6.07, 6.45) is 12.3. The quantitative estimate of drug-likeness (QED) is 0.764.